The van der Waals surface area contributed by atoms with E-state index in [1.807, 2.05) is 0 Å². The summed E-state index contributed by atoms with van der Waals surface area (Å²) in [5.41, 5.74) is -1.56. The van der Waals surface area contributed by atoms with Gasteiger partial charge in [-0.25, -0.2) is 4.79 Å². The van der Waals surface area contributed by atoms with Crippen molar-refractivity contribution in [2.24, 2.45) is 0 Å². The van der Waals surface area contributed by atoms with Gasteiger partial charge in [0.15, 0.2) is 5.78 Å². The summed E-state index contributed by atoms with van der Waals surface area (Å²) in [6.07, 6.45) is 2.84. The maximum absolute atomic E-state index is 11.5. The maximum atomic E-state index is 11.5. The SMILES string of the molecule is C=CC(=O)OC(C)(C)CCOC(C)(C)C(=O)C=C. The minimum absolute atomic E-state index is 0.177. The van der Waals surface area contributed by atoms with Crippen molar-refractivity contribution in [2.45, 2.75) is 45.3 Å². The number of hydrogen-bond acceptors (Lipinski definition) is 4. The summed E-state index contributed by atoms with van der Waals surface area (Å²) in [5.74, 6) is -0.648. The van der Waals surface area contributed by atoms with Crippen LogP contribution >= 0.6 is 0 Å². The van der Waals surface area contributed by atoms with Crippen LogP contribution in [0.2, 0.25) is 0 Å². The quantitative estimate of drug-likeness (QED) is 0.493. The van der Waals surface area contributed by atoms with Gasteiger partial charge in [-0.15, -0.1) is 0 Å². The Hall–Kier alpha value is -1.42. The van der Waals surface area contributed by atoms with E-state index >= 15 is 0 Å². The first-order valence-electron chi connectivity index (χ1n) is 5.81. The Morgan fingerprint density at radius 3 is 2.11 bits per heavy atom. The van der Waals surface area contributed by atoms with E-state index in [9.17, 15) is 9.59 Å². The molecule has 0 atom stereocenters. The third-order valence-corrected chi connectivity index (χ3v) is 2.49. The van der Waals surface area contributed by atoms with Gasteiger partial charge in [0.2, 0.25) is 0 Å². The van der Waals surface area contributed by atoms with Gasteiger partial charge in [0.25, 0.3) is 0 Å². The average molecular weight is 254 g/mol. The molecular formula is C14H22O4. The number of hydrogen-bond donors (Lipinski definition) is 0. The molecule has 0 aromatic rings. The highest BCUT2D eigenvalue weighted by atomic mass is 16.6. The Kier molecular flexibility index (Phi) is 5.98. The summed E-state index contributed by atoms with van der Waals surface area (Å²) in [4.78, 5) is 22.6. The van der Waals surface area contributed by atoms with Crippen molar-refractivity contribution in [2.75, 3.05) is 6.61 Å². The van der Waals surface area contributed by atoms with Gasteiger partial charge in [0, 0.05) is 12.5 Å². The molecule has 0 amide bonds. The molecule has 0 rings (SSSR count). The van der Waals surface area contributed by atoms with Crippen molar-refractivity contribution in [3.05, 3.63) is 25.3 Å². The number of ether oxygens (including phenoxy) is 2. The Balaban J connectivity index is 4.25. The molecule has 0 aliphatic heterocycles. The molecule has 0 bridgehead atoms. The predicted octanol–water partition coefficient (Wildman–Crippen LogP) is 2.43. The third kappa shape index (κ3) is 5.77. The van der Waals surface area contributed by atoms with Crippen molar-refractivity contribution in [1.29, 1.82) is 0 Å². The van der Waals surface area contributed by atoms with E-state index in [-0.39, 0.29) is 5.78 Å². The van der Waals surface area contributed by atoms with Crippen molar-refractivity contribution in [3.63, 3.8) is 0 Å². The average Bonchev–Trinajstić information content (AvgIpc) is 2.26. The summed E-state index contributed by atoms with van der Waals surface area (Å²) in [6, 6.07) is 0. The molecule has 18 heavy (non-hydrogen) atoms. The Morgan fingerprint density at radius 2 is 1.67 bits per heavy atom. The van der Waals surface area contributed by atoms with Gasteiger partial charge in [0.05, 0.1) is 6.61 Å². The fraction of sp³-hybridized carbons (Fsp3) is 0.571. The normalized spacial score (nSPS) is 11.8. The molecule has 0 aromatic heterocycles. The molecule has 4 heteroatoms. The van der Waals surface area contributed by atoms with E-state index in [1.165, 1.54) is 6.08 Å². The molecule has 4 nitrogen and oxygen atoms in total. The van der Waals surface area contributed by atoms with E-state index in [2.05, 4.69) is 13.2 Å². The minimum Gasteiger partial charge on any atom is -0.456 e. The van der Waals surface area contributed by atoms with Crippen LogP contribution in [0.4, 0.5) is 0 Å². The van der Waals surface area contributed by atoms with E-state index < -0.39 is 17.2 Å². The van der Waals surface area contributed by atoms with Crippen LogP contribution in [0.15, 0.2) is 25.3 Å². The molecule has 0 unspecified atom stereocenters. The van der Waals surface area contributed by atoms with Crippen LogP contribution in [0, 0.1) is 0 Å². The summed E-state index contributed by atoms with van der Waals surface area (Å²) in [7, 11) is 0. The summed E-state index contributed by atoms with van der Waals surface area (Å²) in [6.45, 7) is 14.0. The van der Waals surface area contributed by atoms with Crippen molar-refractivity contribution in [1.82, 2.24) is 0 Å². The van der Waals surface area contributed by atoms with Gasteiger partial charge in [-0.3, -0.25) is 4.79 Å². The third-order valence-electron chi connectivity index (χ3n) is 2.49. The largest absolute Gasteiger partial charge is 0.456 e. The molecule has 0 N–H and O–H groups in total. The van der Waals surface area contributed by atoms with Crippen LogP contribution in [-0.2, 0) is 19.1 Å². The zero-order valence-corrected chi connectivity index (χ0v) is 11.6. The van der Waals surface area contributed by atoms with Crippen molar-refractivity contribution < 1.29 is 19.1 Å². The second-order valence-electron chi connectivity index (χ2n) is 5.06. The van der Waals surface area contributed by atoms with Crippen LogP contribution in [-0.4, -0.2) is 29.6 Å². The fourth-order valence-corrected chi connectivity index (χ4v) is 1.23. The molecule has 0 saturated heterocycles. The van der Waals surface area contributed by atoms with E-state index in [1.54, 1.807) is 27.7 Å². The molecule has 0 saturated carbocycles. The van der Waals surface area contributed by atoms with Crippen molar-refractivity contribution >= 4 is 11.8 Å². The lowest BCUT2D eigenvalue weighted by Gasteiger charge is -2.27. The van der Waals surface area contributed by atoms with Gasteiger partial charge in [-0.05, 0) is 33.8 Å². The first kappa shape index (κ1) is 16.6. The van der Waals surface area contributed by atoms with E-state index in [0.717, 1.165) is 6.08 Å². The van der Waals surface area contributed by atoms with Crippen molar-refractivity contribution in [3.8, 4) is 0 Å². The summed E-state index contributed by atoms with van der Waals surface area (Å²) >= 11 is 0. The first-order valence-corrected chi connectivity index (χ1v) is 5.81. The minimum atomic E-state index is -0.903. The highest BCUT2D eigenvalue weighted by molar-refractivity contribution is 5.95. The Morgan fingerprint density at radius 1 is 1.11 bits per heavy atom. The smallest absolute Gasteiger partial charge is 0.330 e. The first-order chi connectivity index (χ1) is 8.14. The van der Waals surface area contributed by atoms with Gasteiger partial charge >= 0.3 is 5.97 Å². The zero-order valence-electron chi connectivity index (χ0n) is 11.6. The molecule has 0 aliphatic carbocycles. The molecule has 0 aromatic carbocycles. The van der Waals surface area contributed by atoms with E-state index in [4.69, 9.17) is 9.47 Å². The fourth-order valence-electron chi connectivity index (χ4n) is 1.23. The molecular weight excluding hydrogens is 232 g/mol. The molecule has 0 fully saturated rings. The standard InChI is InChI=1S/C14H22O4/c1-7-11(15)14(5,6)17-10-9-13(3,4)18-12(16)8-2/h7-8H,1-2,9-10H2,3-6H3. The zero-order chi connectivity index (χ0) is 14.4. The second kappa shape index (κ2) is 6.50. The number of rotatable bonds is 8. The van der Waals surface area contributed by atoms with E-state index in [0.29, 0.717) is 13.0 Å². The van der Waals surface area contributed by atoms with Gasteiger partial charge in [-0.1, -0.05) is 13.2 Å². The monoisotopic (exact) mass is 254 g/mol. The molecule has 0 aliphatic rings. The summed E-state index contributed by atoms with van der Waals surface area (Å²) < 4.78 is 10.6. The molecule has 0 radical (unpaired) electrons. The van der Waals surface area contributed by atoms with Gasteiger partial charge in [0.1, 0.15) is 11.2 Å². The van der Waals surface area contributed by atoms with Crippen LogP contribution in [0.25, 0.3) is 0 Å². The van der Waals surface area contributed by atoms with Crippen LogP contribution in [0.3, 0.4) is 0 Å². The topological polar surface area (TPSA) is 52.6 Å². The van der Waals surface area contributed by atoms with Crippen LogP contribution in [0.5, 0.6) is 0 Å². The predicted molar refractivity (Wildman–Crippen MR) is 70.2 cm³/mol. The lowest BCUT2D eigenvalue weighted by molar-refractivity contribution is -0.154. The van der Waals surface area contributed by atoms with Crippen LogP contribution < -0.4 is 0 Å². The number of esters is 1. The van der Waals surface area contributed by atoms with Crippen LogP contribution in [0.1, 0.15) is 34.1 Å². The number of carbonyl (C=O) groups excluding carboxylic acids is 2. The number of carbonyl (C=O) groups is 2. The molecule has 102 valence electrons. The Bertz CT molecular complexity index is 340. The maximum Gasteiger partial charge on any atom is 0.330 e. The summed E-state index contributed by atoms with van der Waals surface area (Å²) in [5, 5.41) is 0. The second-order valence-corrected chi connectivity index (χ2v) is 5.06. The molecule has 0 spiro atoms. The highest BCUT2D eigenvalue weighted by Crippen LogP contribution is 2.18. The Labute approximate surface area is 109 Å². The lowest BCUT2D eigenvalue weighted by Crippen LogP contribution is -2.36. The van der Waals surface area contributed by atoms with Gasteiger partial charge < -0.3 is 9.47 Å². The van der Waals surface area contributed by atoms with Gasteiger partial charge in [-0.2, -0.15) is 0 Å². The molecule has 0 heterocycles. The lowest BCUT2D eigenvalue weighted by atomic mass is 10.0. The number of ketones is 1. The highest BCUT2D eigenvalue weighted by Gasteiger charge is 2.28.